The van der Waals surface area contributed by atoms with Crippen molar-refractivity contribution < 1.29 is 19.1 Å². The number of alkyl carbamates (subject to hydrolysis) is 1. The Morgan fingerprint density at radius 1 is 1.04 bits per heavy atom. The molecule has 1 unspecified atom stereocenters. The molecule has 1 amide bonds. The average Bonchev–Trinajstić information content (AvgIpc) is 2.33. The van der Waals surface area contributed by atoms with E-state index in [4.69, 9.17) is 15.2 Å². The number of amides is 1. The van der Waals surface area contributed by atoms with Gasteiger partial charge in [-0.2, -0.15) is 0 Å². The fourth-order valence-electron chi connectivity index (χ4n) is 1.71. The first kappa shape index (κ1) is 22.4. The molecule has 24 heavy (non-hydrogen) atoms. The third kappa shape index (κ3) is 12.9. The lowest BCUT2D eigenvalue weighted by Gasteiger charge is -2.22. The minimum atomic E-state index is -0.616. The van der Waals surface area contributed by atoms with Gasteiger partial charge in [-0.05, 0) is 67.7 Å². The second-order valence-corrected chi connectivity index (χ2v) is 7.73. The first-order chi connectivity index (χ1) is 10.8. The van der Waals surface area contributed by atoms with Gasteiger partial charge in [-0.25, -0.2) is 4.79 Å². The normalized spacial score (nSPS) is 14.1. The van der Waals surface area contributed by atoms with E-state index in [1.807, 2.05) is 20.8 Å². The lowest BCUT2D eigenvalue weighted by Crippen LogP contribution is -2.37. The summed E-state index contributed by atoms with van der Waals surface area (Å²) in [7, 11) is 0. The molecule has 0 spiro atoms. The van der Waals surface area contributed by atoms with Crippen molar-refractivity contribution in [1.29, 1.82) is 0 Å². The van der Waals surface area contributed by atoms with Crippen LogP contribution in [-0.2, 0) is 14.3 Å². The first-order valence-electron chi connectivity index (χ1n) is 8.29. The Bertz CT molecular complexity index is 448. The number of carbonyl (C=O) groups excluding carboxylic acids is 2. The van der Waals surface area contributed by atoms with E-state index in [1.165, 1.54) is 0 Å². The molecule has 0 rings (SSSR count). The van der Waals surface area contributed by atoms with E-state index in [-0.39, 0.29) is 5.97 Å². The largest absolute Gasteiger partial charge is 0.459 e. The smallest absolute Gasteiger partial charge is 0.413 e. The molecule has 0 aromatic heterocycles. The summed E-state index contributed by atoms with van der Waals surface area (Å²) in [4.78, 5) is 27.5. The van der Waals surface area contributed by atoms with Crippen molar-refractivity contribution >= 4 is 17.9 Å². The van der Waals surface area contributed by atoms with Gasteiger partial charge in [-0.1, -0.05) is 0 Å². The van der Waals surface area contributed by atoms with E-state index >= 15 is 0 Å². The van der Waals surface area contributed by atoms with Gasteiger partial charge in [-0.3, -0.25) is 15.1 Å². The minimum Gasteiger partial charge on any atom is -0.459 e. The highest BCUT2D eigenvalue weighted by Crippen LogP contribution is 2.10. The molecule has 0 aliphatic carbocycles. The summed E-state index contributed by atoms with van der Waals surface area (Å²) in [6.45, 7) is 13.1. The van der Waals surface area contributed by atoms with Gasteiger partial charge in [-0.15, -0.1) is 0 Å². The van der Waals surface area contributed by atoms with Crippen LogP contribution in [0.5, 0.6) is 0 Å². The lowest BCUT2D eigenvalue weighted by atomic mass is 10.1. The third-order valence-corrected chi connectivity index (χ3v) is 2.66. The van der Waals surface area contributed by atoms with Gasteiger partial charge in [0.1, 0.15) is 23.1 Å². The minimum absolute atomic E-state index is 0.381. The summed E-state index contributed by atoms with van der Waals surface area (Å²) in [5.41, 5.74) is 4.74. The second-order valence-electron chi connectivity index (χ2n) is 7.73. The van der Waals surface area contributed by atoms with Crippen molar-refractivity contribution in [3.05, 3.63) is 0 Å². The van der Waals surface area contributed by atoms with E-state index in [0.717, 1.165) is 12.8 Å². The summed E-state index contributed by atoms with van der Waals surface area (Å²) in [6.07, 6.45) is 1.55. The molecule has 0 aromatic rings. The molecular formula is C17H33N3O4. The molecule has 1 atom stereocenters. The fourth-order valence-corrected chi connectivity index (χ4v) is 1.71. The van der Waals surface area contributed by atoms with Crippen LogP contribution in [0.1, 0.15) is 67.7 Å². The number of nitrogens with one attached hydrogen (secondary N) is 1. The van der Waals surface area contributed by atoms with Crippen LogP contribution >= 0.6 is 0 Å². The molecule has 0 aliphatic rings. The second kappa shape index (κ2) is 9.61. The van der Waals surface area contributed by atoms with Gasteiger partial charge in [0.2, 0.25) is 0 Å². The predicted octanol–water partition coefficient (Wildman–Crippen LogP) is 2.77. The maximum atomic E-state index is 11.7. The summed E-state index contributed by atoms with van der Waals surface area (Å²) in [5, 5.41) is 2.57. The van der Waals surface area contributed by atoms with Gasteiger partial charge < -0.3 is 15.2 Å². The Morgan fingerprint density at radius 2 is 1.58 bits per heavy atom. The zero-order valence-electron chi connectivity index (χ0n) is 16.1. The van der Waals surface area contributed by atoms with Gasteiger partial charge in [0.25, 0.3) is 0 Å². The highest BCUT2D eigenvalue weighted by Gasteiger charge is 2.21. The van der Waals surface area contributed by atoms with Crippen LogP contribution in [-0.4, -0.2) is 41.7 Å². The van der Waals surface area contributed by atoms with E-state index in [9.17, 15) is 9.59 Å². The standard InChI is InChI=1S/C17H33N3O4/c1-12(20-15(22)24-17(5,6)7)19-11-9-8-10-13(18)14(21)23-16(2,3)4/h13H,8-11,18H2,1-7H3,(H,19,20,22). The molecule has 0 saturated heterocycles. The molecular weight excluding hydrogens is 310 g/mol. The number of nitrogens with zero attached hydrogens (tertiary/aromatic N) is 1. The van der Waals surface area contributed by atoms with Crippen molar-refractivity contribution in [2.24, 2.45) is 10.7 Å². The first-order valence-corrected chi connectivity index (χ1v) is 8.29. The lowest BCUT2D eigenvalue weighted by molar-refractivity contribution is -0.156. The van der Waals surface area contributed by atoms with Crippen LogP contribution in [0.2, 0.25) is 0 Å². The van der Waals surface area contributed by atoms with E-state index in [1.54, 1.807) is 27.7 Å². The molecule has 7 nitrogen and oxygen atoms in total. The van der Waals surface area contributed by atoms with Crippen LogP contribution in [0.25, 0.3) is 0 Å². The zero-order valence-corrected chi connectivity index (χ0v) is 16.1. The molecule has 0 aliphatic heterocycles. The fraction of sp³-hybridized carbons (Fsp3) is 0.824. The monoisotopic (exact) mass is 343 g/mol. The number of carbonyl (C=O) groups is 2. The Hall–Kier alpha value is -1.63. The molecule has 7 heteroatoms. The van der Waals surface area contributed by atoms with Crippen molar-refractivity contribution in [3.8, 4) is 0 Å². The molecule has 3 N–H and O–H groups in total. The quantitative estimate of drug-likeness (QED) is 0.334. The van der Waals surface area contributed by atoms with Gasteiger partial charge in [0, 0.05) is 6.54 Å². The maximum absolute atomic E-state index is 11.7. The molecule has 0 bridgehead atoms. The molecule has 0 aromatic carbocycles. The third-order valence-electron chi connectivity index (χ3n) is 2.66. The average molecular weight is 343 g/mol. The van der Waals surface area contributed by atoms with Crippen LogP contribution < -0.4 is 11.1 Å². The summed E-state index contributed by atoms with van der Waals surface area (Å²) < 4.78 is 10.4. The van der Waals surface area contributed by atoms with Gasteiger partial charge in [0.05, 0.1) is 0 Å². The van der Waals surface area contributed by atoms with Crippen molar-refractivity contribution in [2.75, 3.05) is 6.54 Å². The summed E-state index contributed by atoms with van der Waals surface area (Å²) in [6, 6.07) is -0.616. The van der Waals surface area contributed by atoms with E-state index in [2.05, 4.69) is 10.3 Å². The number of hydrogen-bond donors (Lipinski definition) is 2. The summed E-state index contributed by atoms with van der Waals surface area (Å²) >= 11 is 0. The highest BCUT2D eigenvalue weighted by atomic mass is 16.6. The number of aliphatic imine (C=N–C) groups is 1. The Balaban J connectivity index is 3.99. The number of esters is 1. The molecule has 0 fully saturated rings. The van der Waals surface area contributed by atoms with Crippen molar-refractivity contribution in [1.82, 2.24) is 5.32 Å². The summed E-state index contributed by atoms with van der Waals surface area (Å²) in [5.74, 6) is 0.120. The van der Waals surface area contributed by atoms with Crippen LogP contribution in [0.15, 0.2) is 4.99 Å². The molecule has 0 heterocycles. The van der Waals surface area contributed by atoms with Crippen LogP contribution in [0, 0.1) is 0 Å². The van der Waals surface area contributed by atoms with Crippen molar-refractivity contribution in [3.63, 3.8) is 0 Å². The number of ether oxygens (including phenoxy) is 2. The SMILES string of the molecule is CC(=NCCCCC(N)C(=O)OC(C)(C)C)NC(=O)OC(C)(C)C. The predicted molar refractivity (Wildman–Crippen MR) is 95.0 cm³/mol. The van der Waals surface area contributed by atoms with E-state index < -0.39 is 23.3 Å². The van der Waals surface area contributed by atoms with Crippen LogP contribution in [0.3, 0.4) is 0 Å². The number of nitrogens with two attached hydrogens (primary N) is 1. The van der Waals surface area contributed by atoms with Crippen LogP contribution in [0.4, 0.5) is 4.79 Å². The molecule has 140 valence electrons. The number of unbranched alkanes of at least 4 members (excludes halogenated alkanes) is 1. The maximum Gasteiger partial charge on any atom is 0.413 e. The molecule has 0 saturated carbocycles. The topological polar surface area (TPSA) is 103 Å². The zero-order chi connectivity index (χ0) is 19.0. The van der Waals surface area contributed by atoms with Crippen molar-refractivity contribution in [2.45, 2.75) is 85.0 Å². The van der Waals surface area contributed by atoms with E-state index in [0.29, 0.717) is 18.8 Å². The number of rotatable bonds is 6. The highest BCUT2D eigenvalue weighted by molar-refractivity contribution is 5.93. The molecule has 0 radical (unpaired) electrons. The van der Waals surface area contributed by atoms with Gasteiger partial charge >= 0.3 is 12.1 Å². The number of amidine groups is 1. The Kier molecular flexibility index (Phi) is 8.96. The Labute approximate surface area is 145 Å². The number of hydrogen-bond acceptors (Lipinski definition) is 6. The van der Waals surface area contributed by atoms with Gasteiger partial charge in [0.15, 0.2) is 0 Å². The Morgan fingerprint density at radius 3 is 2.08 bits per heavy atom.